The van der Waals surface area contributed by atoms with Gasteiger partial charge in [0.25, 0.3) is 0 Å². The number of rotatable bonds is 17. The van der Waals surface area contributed by atoms with Crippen LogP contribution in [0.2, 0.25) is 0 Å². The van der Waals surface area contributed by atoms with E-state index in [-0.39, 0.29) is 0 Å². The first-order valence-corrected chi connectivity index (χ1v) is 8.84. The van der Waals surface area contributed by atoms with Crippen LogP contribution in [0.4, 0.5) is 0 Å². The van der Waals surface area contributed by atoms with Gasteiger partial charge in [-0.25, -0.2) is 0 Å². The molecule has 0 rings (SSSR count). The van der Waals surface area contributed by atoms with Gasteiger partial charge in [0.1, 0.15) is 0 Å². The minimum absolute atomic E-state index is 0.350. The van der Waals surface area contributed by atoms with Gasteiger partial charge in [-0.05, 0) is 38.8 Å². The fourth-order valence-electron chi connectivity index (χ4n) is 2.44. The highest BCUT2D eigenvalue weighted by molar-refractivity contribution is 4.52. The van der Waals surface area contributed by atoms with Gasteiger partial charge in [0.05, 0.1) is 0 Å². The Bertz CT molecular complexity index is 147. The molecule has 0 aromatic carbocycles. The average molecular weight is 287 g/mol. The lowest BCUT2D eigenvalue weighted by molar-refractivity contribution is 0.282. The summed E-state index contributed by atoms with van der Waals surface area (Å²) in [5.41, 5.74) is 0. The summed E-state index contributed by atoms with van der Waals surface area (Å²) in [5, 5.41) is 20.9. The predicted molar refractivity (Wildman–Crippen MR) is 87.1 cm³/mol. The molecule has 0 unspecified atom stereocenters. The molecule has 0 bridgehead atoms. The molecule has 0 aromatic heterocycles. The molecule has 0 atom stereocenters. The zero-order valence-electron chi connectivity index (χ0n) is 13.4. The SMILES string of the molecule is OCCCCCCCCCNCCCCCCCCO. The third kappa shape index (κ3) is 17.9. The van der Waals surface area contributed by atoms with Crippen molar-refractivity contribution in [3.63, 3.8) is 0 Å². The topological polar surface area (TPSA) is 52.5 Å². The maximum Gasteiger partial charge on any atom is 0.0431 e. The quantitative estimate of drug-likeness (QED) is 0.358. The summed E-state index contributed by atoms with van der Waals surface area (Å²) in [7, 11) is 0. The van der Waals surface area contributed by atoms with E-state index in [0.29, 0.717) is 13.2 Å². The molecule has 3 heteroatoms. The zero-order valence-corrected chi connectivity index (χ0v) is 13.4. The molecule has 122 valence electrons. The lowest BCUT2D eigenvalue weighted by Crippen LogP contribution is -2.16. The second-order valence-electron chi connectivity index (χ2n) is 5.79. The molecule has 3 nitrogen and oxygen atoms in total. The van der Waals surface area contributed by atoms with Crippen LogP contribution in [0.15, 0.2) is 0 Å². The fourth-order valence-corrected chi connectivity index (χ4v) is 2.44. The maximum atomic E-state index is 8.66. The van der Waals surface area contributed by atoms with E-state index in [1.807, 2.05) is 0 Å². The van der Waals surface area contributed by atoms with Crippen LogP contribution in [0.25, 0.3) is 0 Å². The van der Waals surface area contributed by atoms with Gasteiger partial charge in [-0.15, -0.1) is 0 Å². The Kier molecular flexibility index (Phi) is 18.8. The predicted octanol–water partition coefficient (Wildman–Crippen LogP) is 3.63. The molecule has 0 heterocycles. The van der Waals surface area contributed by atoms with Gasteiger partial charge < -0.3 is 15.5 Å². The molecule has 20 heavy (non-hydrogen) atoms. The summed E-state index contributed by atoms with van der Waals surface area (Å²) in [6.07, 6.45) is 16.1. The largest absolute Gasteiger partial charge is 0.396 e. The van der Waals surface area contributed by atoms with Crippen molar-refractivity contribution in [1.82, 2.24) is 5.32 Å². The first-order chi connectivity index (χ1) is 9.91. The summed E-state index contributed by atoms with van der Waals surface area (Å²) < 4.78 is 0. The molecular weight excluding hydrogens is 250 g/mol. The number of nitrogens with one attached hydrogen (secondary N) is 1. The van der Waals surface area contributed by atoms with Gasteiger partial charge in [-0.1, -0.05) is 57.8 Å². The highest BCUT2D eigenvalue weighted by Crippen LogP contribution is 2.07. The molecule has 0 radical (unpaired) electrons. The number of aliphatic hydroxyl groups excluding tert-OH is 2. The average Bonchev–Trinajstić information content (AvgIpc) is 2.47. The second-order valence-corrected chi connectivity index (χ2v) is 5.79. The maximum absolute atomic E-state index is 8.66. The van der Waals surface area contributed by atoms with Crippen LogP contribution in [-0.4, -0.2) is 36.5 Å². The Hall–Kier alpha value is -0.120. The van der Waals surface area contributed by atoms with E-state index in [9.17, 15) is 0 Å². The van der Waals surface area contributed by atoms with E-state index >= 15 is 0 Å². The van der Waals surface area contributed by atoms with Crippen molar-refractivity contribution < 1.29 is 10.2 Å². The summed E-state index contributed by atoms with van der Waals surface area (Å²) in [6, 6.07) is 0. The Labute approximate surface area is 126 Å². The van der Waals surface area contributed by atoms with Crippen LogP contribution in [0.3, 0.4) is 0 Å². The van der Waals surface area contributed by atoms with E-state index in [1.54, 1.807) is 0 Å². The van der Waals surface area contributed by atoms with Crippen LogP contribution >= 0.6 is 0 Å². The van der Waals surface area contributed by atoms with Crippen molar-refractivity contribution in [3.8, 4) is 0 Å². The molecular formula is C17H37NO2. The van der Waals surface area contributed by atoms with Crippen molar-refractivity contribution >= 4 is 0 Å². The van der Waals surface area contributed by atoms with Crippen molar-refractivity contribution in [2.45, 2.75) is 83.5 Å². The second kappa shape index (κ2) is 18.9. The number of unbranched alkanes of at least 4 members (excludes halogenated alkanes) is 11. The Morgan fingerprint density at radius 2 is 0.700 bits per heavy atom. The van der Waals surface area contributed by atoms with E-state index in [0.717, 1.165) is 19.4 Å². The Balaban J connectivity index is 2.89. The minimum atomic E-state index is 0.350. The van der Waals surface area contributed by atoms with Gasteiger partial charge in [0.15, 0.2) is 0 Å². The van der Waals surface area contributed by atoms with Gasteiger partial charge in [0, 0.05) is 13.2 Å². The van der Waals surface area contributed by atoms with Crippen molar-refractivity contribution in [3.05, 3.63) is 0 Å². The Morgan fingerprint density at radius 3 is 1.05 bits per heavy atom. The molecule has 0 fully saturated rings. The molecule has 0 saturated heterocycles. The first kappa shape index (κ1) is 19.9. The van der Waals surface area contributed by atoms with Crippen LogP contribution in [0.5, 0.6) is 0 Å². The normalized spacial score (nSPS) is 11.1. The van der Waals surface area contributed by atoms with Gasteiger partial charge in [-0.3, -0.25) is 0 Å². The van der Waals surface area contributed by atoms with Crippen molar-refractivity contribution in [1.29, 1.82) is 0 Å². The molecule has 0 aliphatic heterocycles. The van der Waals surface area contributed by atoms with Gasteiger partial charge in [0.2, 0.25) is 0 Å². The van der Waals surface area contributed by atoms with Crippen LogP contribution < -0.4 is 5.32 Å². The molecule has 0 amide bonds. The third-order valence-corrected chi connectivity index (χ3v) is 3.77. The molecule has 0 aromatic rings. The van der Waals surface area contributed by atoms with Crippen molar-refractivity contribution in [2.24, 2.45) is 0 Å². The monoisotopic (exact) mass is 287 g/mol. The van der Waals surface area contributed by atoms with Crippen LogP contribution in [0, 0.1) is 0 Å². The van der Waals surface area contributed by atoms with Crippen molar-refractivity contribution in [2.75, 3.05) is 26.3 Å². The van der Waals surface area contributed by atoms with Crippen LogP contribution in [0.1, 0.15) is 83.5 Å². The smallest absolute Gasteiger partial charge is 0.0431 e. The third-order valence-electron chi connectivity index (χ3n) is 3.77. The van der Waals surface area contributed by atoms with E-state index in [1.165, 1.54) is 77.2 Å². The highest BCUT2D eigenvalue weighted by Gasteiger charge is 1.93. The standard InChI is InChI=1S/C17H37NO2/c19-16-12-8-4-1-2-6-10-14-18-15-11-7-3-5-9-13-17-20/h18-20H,1-17H2. The van der Waals surface area contributed by atoms with E-state index in [4.69, 9.17) is 10.2 Å². The lowest BCUT2D eigenvalue weighted by Gasteiger charge is -2.05. The summed E-state index contributed by atoms with van der Waals surface area (Å²) in [6.45, 7) is 3.03. The Morgan fingerprint density at radius 1 is 0.400 bits per heavy atom. The highest BCUT2D eigenvalue weighted by atomic mass is 16.3. The molecule has 0 saturated carbocycles. The number of hydrogen-bond acceptors (Lipinski definition) is 3. The molecule has 3 N–H and O–H groups in total. The van der Waals surface area contributed by atoms with E-state index in [2.05, 4.69) is 5.32 Å². The fraction of sp³-hybridized carbons (Fsp3) is 1.00. The molecule has 0 spiro atoms. The zero-order chi connectivity index (χ0) is 14.7. The van der Waals surface area contributed by atoms with E-state index < -0.39 is 0 Å². The lowest BCUT2D eigenvalue weighted by atomic mass is 10.1. The molecule has 0 aliphatic rings. The van der Waals surface area contributed by atoms with Gasteiger partial charge >= 0.3 is 0 Å². The minimum Gasteiger partial charge on any atom is -0.396 e. The summed E-state index contributed by atoms with van der Waals surface area (Å²) >= 11 is 0. The first-order valence-electron chi connectivity index (χ1n) is 8.84. The summed E-state index contributed by atoms with van der Waals surface area (Å²) in [4.78, 5) is 0. The van der Waals surface area contributed by atoms with Crippen LogP contribution in [-0.2, 0) is 0 Å². The van der Waals surface area contributed by atoms with Gasteiger partial charge in [-0.2, -0.15) is 0 Å². The number of aliphatic hydroxyl groups is 2. The number of hydrogen-bond donors (Lipinski definition) is 3. The summed E-state index contributed by atoms with van der Waals surface area (Å²) in [5.74, 6) is 0. The molecule has 0 aliphatic carbocycles.